The summed E-state index contributed by atoms with van der Waals surface area (Å²) in [7, 11) is 2.16. The third kappa shape index (κ3) is 8.59. The van der Waals surface area contributed by atoms with Crippen molar-refractivity contribution in [1.82, 2.24) is 15.5 Å². The maximum atomic E-state index is 11.8. The highest BCUT2D eigenvalue weighted by atomic mass is 16.3. The van der Waals surface area contributed by atoms with Gasteiger partial charge in [-0.3, -0.25) is 0 Å². The van der Waals surface area contributed by atoms with Crippen LogP contribution in [0.5, 0.6) is 0 Å². The van der Waals surface area contributed by atoms with E-state index in [1.807, 2.05) is 0 Å². The lowest BCUT2D eigenvalue weighted by Gasteiger charge is -2.29. The first kappa shape index (κ1) is 19.2. The van der Waals surface area contributed by atoms with Gasteiger partial charge < -0.3 is 20.6 Å². The summed E-state index contributed by atoms with van der Waals surface area (Å²) in [6.45, 7) is 9.41. The molecule has 1 saturated heterocycles. The van der Waals surface area contributed by atoms with E-state index in [2.05, 4.69) is 36.4 Å². The van der Waals surface area contributed by atoms with Crippen molar-refractivity contribution in [3.05, 3.63) is 0 Å². The van der Waals surface area contributed by atoms with Crippen molar-refractivity contribution in [3.8, 4) is 0 Å². The number of nitrogens with zero attached hydrogens (tertiary/aromatic N) is 1. The highest BCUT2D eigenvalue weighted by Gasteiger charge is 2.21. The molecule has 1 heterocycles. The zero-order valence-electron chi connectivity index (χ0n) is 14.8. The second kappa shape index (κ2) is 9.36. The van der Waals surface area contributed by atoms with Crippen LogP contribution < -0.4 is 10.6 Å². The van der Waals surface area contributed by atoms with Crippen LogP contribution in [0.1, 0.15) is 52.9 Å². The molecular formula is C17H35N3O2. The van der Waals surface area contributed by atoms with Crippen molar-refractivity contribution in [2.45, 2.75) is 58.5 Å². The number of carbonyl (C=O) groups excluding carboxylic acids is 1. The van der Waals surface area contributed by atoms with Gasteiger partial charge in [-0.2, -0.15) is 0 Å². The first-order chi connectivity index (χ1) is 10.3. The molecule has 130 valence electrons. The van der Waals surface area contributed by atoms with Crippen LogP contribution in [0.15, 0.2) is 0 Å². The molecule has 3 N–H and O–H groups in total. The van der Waals surface area contributed by atoms with Gasteiger partial charge in [0, 0.05) is 13.1 Å². The Hall–Kier alpha value is -0.810. The largest absolute Gasteiger partial charge is 0.388 e. The monoisotopic (exact) mass is 313 g/mol. The highest BCUT2D eigenvalue weighted by Crippen LogP contribution is 2.18. The van der Waals surface area contributed by atoms with E-state index in [0.717, 1.165) is 31.8 Å². The Morgan fingerprint density at radius 3 is 2.55 bits per heavy atom. The Balaban J connectivity index is 2.10. The number of urea groups is 1. The predicted molar refractivity (Wildman–Crippen MR) is 90.9 cm³/mol. The maximum Gasteiger partial charge on any atom is 0.314 e. The first-order valence-corrected chi connectivity index (χ1v) is 8.71. The molecule has 5 heteroatoms. The van der Waals surface area contributed by atoms with Crippen molar-refractivity contribution in [2.75, 3.05) is 33.2 Å². The van der Waals surface area contributed by atoms with Gasteiger partial charge in [0.05, 0.1) is 5.60 Å². The third-order valence-electron chi connectivity index (χ3n) is 4.57. The van der Waals surface area contributed by atoms with E-state index < -0.39 is 5.60 Å². The molecule has 5 nitrogen and oxygen atoms in total. The lowest BCUT2D eigenvalue weighted by atomic mass is 9.94. The van der Waals surface area contributed by atoms with Crippen molar-refractivity contribution >= 4 is 6.03 Å². The molecule has 0 aromatic carbocycles. The van der Waals surface area contributed by atoms with Gasteiger partial charge in [0.2, 0.25) is 0 Å². The van der Waals surface area contributed by atoms with Gasteiger partial charge >= 0.3 is 6.03 Å². The molecule has 2 amide bonds. The number of hydrogen-bond acceptors (Lipinski definition) is 3. The minimum atomic E-state index is -0.824. The second-order valence-corrected chi connectivity index (χ2v) is 7.57. The summed E-state index contributed by atoms with van der Waals surface area (Å²) in [5, 5.41) is 15.9. The number of nitrogens with one attached hydrogen (secondary N) is 2. The van der Waals surface area contributed by atoms with Gasteiger partial charge in [0.25, 0.3) is 0 Å². The van der Waals surface area contributed by atoms with Crippen molar-refractivity contribution in [2.24, 2.45) is 11.8 Å². The van der Waals surface area contributed by atoms with Crippen LogP contribution in [-0.2, 0) is 0 Å². The minimum absolute atomic E-state index is 0.169. The smallest absolute Gasteiger partial charge is 0.314 e. The standard InChI is InChI=1S/C17H35N3O2/c1-14(2)5-9-17(3,22)13-19-16(21)18-10-6-15-7-11-20(4)12-8-15/h14-15,22H,5-13H2,1-4H3,(H2,18,19,21). The second-order valence-electron chi connectivity index (χ2n) is 7.57. The number of aliphatic hydroxyl groups is 1. The maximum absolute atomic E-state index is 11.8. The fraction of sp³-hybridized carbons (Fsp3) is 0.941. The molecule has 0 saturated carbocycles. The molecule has 0 aromatic rings. The number of amides is 2. The molecule has 0 bridgehead atoms. The molecule has 0 aliphatic carbocycles. The molecule has 1 fully saturated rings. The highest BCUT2D eigenvalue weighted by molar-refractivity contribution is 5.73. The van der Waals surface area contributed by atoms with Crippen LogP contribution in [0, 0.1) is 11.8 Å². The molecule has 0 spiro atoms. The number of likely N-dealkylation sites (tertiary alicyclic amines) is 1. The molecule has 1 unspecified atom stereocenters. The molecule has 0 aromatic heterocycles. The lowest BCUT2D eigenvalue weighted by molar-refractivity contribution is 0.0476. The molecule has 1 aliphatic heterocycles. The summed E-state index contributed by atoms with van der Waals surface area (Å²) in [5.41, 5.74) is -0.824. The first-order valence-electron chi connectivity index (χ1n) is 8.71. The predicted octanol–water partition coefficient (Wildman–Crippen LogP) is 2.20. The zero-order chi connectivity index (χ0) is 16.6. The zero-order valence-corrected chi connectivity index (χ0v) is 14.8. The van der Waals surface area contributed by atoms with E-state index in [0.29, 0.717) is 25.4 Å². The minimum Gasteiger partial charge on any atom is -0.388 e. The molecule has 1 rings (SSSR count). The Bertz CT molecular complexity index is 324. The molecule has 0 radical (unpaired) electrons. The topological polar surface area (TPSA) is 64.6 Å². The van der Waals surface area contributed by atoms with E-state index in [4.69, 9.17) is 0 Å². The van der Waals surface area contributed by atoms with E-state index in [9.17, 15) is 9.90 Å². The van der Waals surface area contributed by atoms with Gasteiger partial charge in [-0.1, -0.05) is 13.8 Å². The molecule has 22 heavy (non-hydrogen) atoms. The SMILES string of the molecule is CC(C)CCC(C)(O)CNC(=O)NCCC1CCN(C)CC1. The Morgan fingerprint density at radius 2 is 1.95 bits per heavy atom. The van der Waals surface area contributed by atoms with Gasteiger partial charge in [-0.15, -0.1) is 0 Å². The van der Waals surface area contributed by atoms with Gasteiger partial charge in [0.15, 0.2) is 0 Å². The Labute approximate surface area is 135 Å². The van der Waals surface area contributed by atoms with Crippen LogP contribution in [0.4, 0.5) is 4.79 Å². The lowest BCUT2D eigenvalue weighted by Crippen LogP contribution is -2.45. The van der Waals surface area contributed by atoms with Gasteiger partial charge in [-0.05, 0) is 71.0 Å². The van der Waals surface area contributed by atoms with E-state index in [-0.39, 0.29) is 6.03 Å². The summed E-state index contributed by atoms with van der Waals surface area (Å²) in [4.78, 5) is 14.1. The average Bonchev–Trinajstić information content (AvgIpc) is 2.45. The number of rotatable bonds is 8. The van der Waals surface area contributed by atoms with Crippen LogP contribution in [-0.4, -0.2) is 54.9 Å². The van der Waals surface area contributed by atoms with E-state index in [1.165, 1.54) is 12.8 Å². The van der Waals surface area contributed by atoms with E-state index in [1.54, 1.807) is 6.92 Å². The number of hydrogen-bond donors (Lipinski definition) is 3. The van der Waals surface area contributed by atoms with E-state index >= 15 is 0 Å². The van der Waals surface area contributed by atoms with Gasteiger partial charge in [-0.25, -0.2) is 4.79 Å². The van der Waals surface area contributed by atoms with Crippen LogP contribution in [0.25, 0.3) is 0 Å². The van der Waals surface area contributed by atoms with Crippen molar-refractivity contribution < 1.29 is 9.90 Å². The summed E-state index contributed by atoms with van der Waals surface area (Å²) < 4.78 is 0. The molecular weight excluding hydrogens is 278 g/mol. The fourth-order valence-electron chi connectivity index (χ4n) is 2.76. The number of carbonyl (C=O) groups is 1. The summed E-state index contributed by atoms with van der Waals surface area (Å²) in [6.07, 6.45) is 5.17. The van der Waals surface area contributed by atoms with Crippen LogP contribution in [0.2, 0.25) is 0 Å². The molecule has 1 atom stereocenters. The summed E-state index contributed by atoms with van der Waals surface area (Å²) >= 11 is 0. The fourth-order valence-corrected chi connectivity index (χ4v) is 2.76. The molecule has 1 aliphatic rings. The van der Waals surface area contributed by atoms with Gasteiger partial charge in [0.1, 0.15) is 0 Å². The Kier molecular flexibility index (Phi) is 8.18. The van der Waals surface area contributed by atoms with Crippen molar-refractivity contribution in [3.63, 3.8) is 0 Å². The quantitative estimate of drug-likeness (QED) is 0.644. The Morgan fingerprint density at radius 1 is 1.32 bits per heavy atom. The number of piperidine rings is 1. The normalized spacial score (nSPS) is 19.9. The average molecular weight is 313 g/mol. The summed E-state index contributed by atoms with van der Waals surface area (Å²) in [6, 6.07) is -0.169. The third-order valence-corrected chi connectivity index (χ3v) is 4.57. The van der Waals surface area contributed by atoms with Crippen LogP contribution >= 0.6 is 0 Å². The van der Waals surface area contributed by atoms with Crippen molar-refractivity contribution in [1.29, 1.82) is 0 Å². The summed E-state index contributed by atoms with van der Waals surface area (Å²) in [5.74, 6) is 1.29. The van der Waals surface area contributed by atoms with Crippen LogP contribution in [0.3, 0.4) is 0 Å².